The first-order valence-electron chi connectivity index (χ1n) is 5.04. The molecule has 90 valence electrons. The average molecular weight is 319 g/mol. The molecule has 0 N–H and O–H groups in total. The predicted molar refractivity (Wildman–Crippen MR) is 67.5 cm³/mol. The lowest BCUT2D eigenvalue weighted by Gasteiger charge is -2.03. The molecule has 0 aliphatic heterocycles. The summed E-state index contributed by atoms with van der Waals surface area (Å²) in [6.07, 6.45) is 1.79. The number of aromatic nitrogens is 3. The molecule has 0 radical (unpaired) electrons. The Bertz CT molecular complexity index is 527. The lowest BCUT2D eigenvalue weighted by molar-refractivity contribution is 0.619. The highest BCUT2D eigenvalue weighted by Gasteiger charge is 2.08. The molecule has 0 spiro atoms. The monoisotopic (exact) mass is 317 g/mol. The summed E-state index contributed by atoms with van der Waals surface area (Å²) < 4.78 is 15.3. The zero-order valence-electron chi connectivity index (χ0n) is 9.07. The van der Waals surface area contributed by atoms with Gasteiger partial charge in [0.1, 0.15) is 11.5 Å². The molecule has 1 heterocycles. The Kier molecular flexibility index (Phi) is 3.79. The highest BCUT2D eigenvalue weighted by Crippen LogP contribution is 2.20. The van der Waals surface area contributed by atoms with Crippen LogP contribution in [0.25, 0.3) is 0 Å². The van der Waals surface area contributed by atoms with E-state index in [1.54, 1.807) is 16.9 Å². The van der Waals surface area contributed by atoms with Crippen LogP contribution in [0.4, 0.5) is 4.39 Å². The molecule has 2 aromatic rings. The fourth-order valence-electron chi connectivity index (χ4n) is 1.40. The lowest BCUT2D eigenvalue weighted by Crippen LogP contribution is -2.01. The van der Waals surface area contributed by atoms with Gasteiger partial charge in [0, 0.05) is 4.47 Å². The molecule has 1 aromatic heterocycles. The molecule has 0 fully saturated rings. The molecular weight excluding hydrogens is 308 g/mol. The highest BCUT2D eigenvalue weighted by atomic mass is 79.9. The van der Waals surface area contributed by atoms with E-state index in [-0.39, 0.29) is 11.2 Å². The molecule has 0 aliphatic carbocycles. The summed E-state index contributed by atoms with van der Waals surface area (Å²) in [5, 5.41) is 7.75. The van der Waals surface area contributed by atoms with Crippen molar-refractivity contribution in [2.45, 2.75) is 18.8 Å². The normalized spacial score (nSPS) is 12.7. The molecule has 1 atom stereocenters. The molecule has 6 heteroatoms. The van der Waals surface area contributed by atoms with Crippen molar-refractivity contribution in [2.24, 2.45) is 0 Å². The van der Waals surface area contributed by atoms with Gasteiger partial charge in [0.15, 0.2) is 0 Å². The first-order valence-corrected chi connectivity index (χ1v) is 6.27. The van der Waals surface area contributed by atoms with Crippen molar-refractivity contribution in [2.75, 3.05) is 0 Å². The van der Waals surface area contributed by atoms with Crippen molar-refractivity contribution < 1.29 is 4.39 Å². The minimum atomic E-state index is -0.269. The minimum Gasteiger partial charge on any atom is -0.248 e. The first-order chi connectivity index (χ1) is 8.06. The van der Waals surface area contributed by atoms with Crippen molar-refractivity contribution >= 4 is 27.5 Å². The van der Waals surface area contributed by atoms with E-state index in [4.69, 9.17) is 11.6 Å². The number of hydrogen-bond donors (Lipinski definition) is 0. The van der Waals surface area contributed by atoms with Crippen molar-refractivity contribution in [1.82, 2.24) is 15.0 Å². The fraction of sp³-hybridized carbons (Fsp3) is 0.273. The first kappa shape index (κ1) is 12.5. The zero-order valence-corrected chi connectivity index (χ0v) is 11.4. The molecule has 0 saturated carbocycles. The second kappa shape index (κ2) is 5.14. The third-order valence-corrected chi connectivity index (χ3v) is 3.27. The summed E-state index contributed by atoms with van der Waals surface area (Å²) in [6.45, 7) is 2.36. The van der Waals surface area contributed by atoms with Crippen LogP contribution in [-0.4, -0.2) is 15.0 Å². The Morgan fingerprint density at radius 2 is 2.29 bits per heavy atom. The SMILES string of the molecule is CC(Cl)c1cn(Cc2ccc(F)cc2Br)nn1. The number of alkyl halides is 1. The molecule has 0 bridgehead atoms. The Labute approximate surface area is 112 Å². The average Bonchev–Trinajstić information content (AvgIpc) is 2.71. The maximum atomic E-state index is 12.9. The van der Waals surface area contributed by atoms with E-state index in [1.807, 2.05) is 6.92 Å². The van der Waals surface area contributed by atoms with Crippen LogP contribution in [0.1, 0.15) is 23.6 Å². The van der Waals surface area contributed by atoms with Crippen LogP contribution in [0.5, 0.6) is 0 Å². The largest absolute Gasteiger partial charge is 0.248 e. The van der Waals surface area contributed by atoms with E-state index in [9.17, 15) is 4.39 Å². The second-order valence-electron chi connectivity index (χ2n) is 3.69. The Morgan fingerprint density at radius 3 is 2.88 bits per heavy atom. The van der Waals surface area contributed by atoms with Crippen LogP contribution in [0.3, 0.4) is 0 Å². The van der Waals surface area contributed by atoms with Gasteiger partial charge in [-0.25, -0.2) is 9.07 Å². The summed E-state index contributed by atoms with van der Waals surface area (Å²) in [4.78, 5) is 0. The van der Waals surface area contributed by atoms with Gasteiger partial charge in [-0.15, -0.1) is 16.7 Å². The van der Waals surface area contributed by atoms with Crippen LogP contribution < -0.4 is 0 Å². The molecule has 0 aliphatic rings. The number of rotatable bonds is 3. The van der Waals surface area contributed by atoms with Gasteiger partial charge in [-0.3, -0.25) is 0 Å². The van der Waals surface area contributed by atoms with Gasteiger partial charge in [-0.05, 0) is 24.6 Å². The standard InChI is InChI=1S/C11H10BrClFN3/c1-7(13)11-6-17(16-15-11)5-8-2-3-9(14)4-10(8)12/h2-4,6-7H,5H2,1H3. The zero-order chi connectivity index (χ0) is 12.4. The van der Waals surface area contributed by atoms with Gasteiger partial charge >= 0.3 is 0 Å². The Hall–Kier alpha value is -0.940. The molecule has 0 amide bonds. The van der Waals surface area contributed by atoms with Gasteiger partial charge < -0.3 is 0 Å². The van der Waals surface area contributed by atoms with Gasteiger partial charge in [0.2, 0.25) is 0 Å². The molecule has 1 aromatic carbocycles. The van der Waals surface area contributed by atoms with Crippen LogP contribution >= 0.6 is 27.5 Å². The van der Waals surface area contributed by atoms with Crippen molar-refractivity contribution in [1.29, 1.82) is 0 Å². The van der Waals surface area contributed by atoms with E-state index in [2.05, 4.69) is 26.2 Å². The molecule has 3 nitrogen and oxygen atoms in total. The third-order valence-electron chi connectivity index (χ3n) is 2.31. The number of halogens is 3. The smallest absolute Gasteiger partial charge is 0.124 e. The van der Waals surface area contributed by atoms with Gasteiger partial charge in [0.25, 0.3) is 0 Å². The van der Waals surface area contributed by atoms with Gasteiger partial charge in [-0.1, -0.05) is 27.2 Å². The van der Waals surface area contributed by atoms with Crippen LogP contribution in [0, 0.1) is 5.82 Å². The maximum absolute atomic E-state index is 12.9. The summed E-state index contributed by atoms with van der Waals surface area (Å²) in [7, 11) is 0. The molecule has 0 saturated heterocycles. The third kappa shape index (κ3) is 3.04. The van der Waals surface area contributed by atoms with Crippen LogP contribution in [0.15, 0.2) is 28.9 Å². The van der Waals surface area contributed by atoms with Gasteiger partial charge in [-0.2, -0.15) is 0 Å². The van der Waals surface area contributed by atoms with Crippen molar-refractivity contribution in [3.8, 4) is 0 Å². The maximum Gasteiger partial charge on any atom is 0.124 e. The summed E-state index contributed by atoms with van der Waals surface area (Å²) >= 11 is 9.21. The van der Waals surface area contributed by atoms with Crippen molar-refractivity contribution in [3.63, 3.8) is 0 Å². The molecule has 1 unspecified atom stereocenters. The second-order valence-corrected chi connectivity index (χ2v) is 5.20. The lowest BCUT2D eigenvalue weighted by atomic mass is 10.2. The Morgan fingerprint density at radius 1 is 1.53 bits per heavy atom. The molecule has 2 rings (SSSR count). The number of benzene rings is 1. The number of hydrogen-bond acceptors (Lipinski definition) is 2. The summed E-state index contributed by atoms with van der Waals surface area (Å²) in [6, 6.07) is 4.56. The quantitative estimate of drug-likeness (QED) is 0.811. The topological polar surface area (TPSA) is 30.7 Å². The van der Waals surface area contributed by atoms with E-state index in [0.29, 0.717) is 11.0 Å². The summed E-state index contributed by atoms with van der Waals surface area (Å²) in [5.74, 6) is -0.269. The van der Waals surface area contributed by atoms with E-state index in [1.165, 1.54) is 12.1 Å². The van der Waals surface area contributed by atoms with E-state index >= 15 is 0 Å². The molecule has 17 heavy (non-hydrogen) atoms. The predicted octanol–water partition coefficient (Wildman–Crippen LogP) is 3.53. The number of nitrogens with zero attached hydrogens (tertiary/aromatic N) is 3. The Balaban J connectivity index is 2.19. The van der Waals surface area contributed by atoms with Crippen LogP contribution in [-0.2, 0) is 6.54 Å². The minimum absolute atomic E-state index is 0.166. The van der Waals surface area contributed by atoms with Crippen LogP contribution in [0.2, 0.25) is 0 Å². The van der Waals surface area contributed by atoms with Gasteiger partial charge in [0.05, 0.1) is 18.1 Å². The van der Waals surface area contributed by atoms with E-state index in [0.717, 1.165) is 11.3 Å². The van der Waals surface area contributed by atoms with E-state index < -0.39 is 0 Å². The highest BCUT2D eigenvalue weighted by molar-refractivity contribution is 9.10. The summed E-state index contributed by atoms with van der Waals surface area (Å²) in [5.41, 5.74) is 1.66. The van der Waals surface area contributed by atoms with Crippen molar-refractivity contribution in [3.05, 3.63) is 45.9 Å². The fourth-order valence-corrected chi connectivity index (χ4v) is 1.97. The molecular formula is C11H10BrClFN3.